The number of likely N-dealkylation sites (N-methyl/N-ethyl adjacent to an activating group) is 1. The lowest BCUT2D eigenvalue weighted by Crippen LogP contribution is -2.50. The maximum absolute atomic E-state index is 12.4. The van der Waals surface area contributed by atoms with Crippen molar-refractivity contribution in [2.75, 3.05) is 20.1 Å². The fourth-order valence-electron chi connectivity index (χ4n) is 3.50. The predicted octanol–water partition coefficient (Wildman–Crippen LogP) is 1.62. The molecule has 3 unspecified atom stereocenters. The monoisotopic (exact) mass is 268 g/mol. The number of nitrogens with zero attached hydrogens (tertiary/aromatic N) is 2. The lowest BCUT2D eigenvalue weighted by atomic mass is 9.91. The van der Waals surface area contributed by atoms with E-state index in [0.29, 0.717) is 12.6 Å². The molecule has 2 aliphatic rings. The van der Waals surface area contributed by atoms with Crippen LogP contribution in [0.25, 0.3) is 0 Å². The highest BCUT2D eigenvalue weighted by Crippen LogP contribution is 2.23. The molecule has 19 heavy (non-hydrogen) atoms. The van der Waals surface area contributed by atoms with Crippen LogP contribution in [0, 0.1) is 0 Å². The molecule has 3 atom stereocenters. The molecule has 2 rings (SSSR count). The number of likely N-dealkylation sites (tertiary alicyclic amines) is 1. The van der Waals surface area contributed by atoms with Gasteiger partial charge in [-0.25, -0.2) is 0 Å². The van der Waals surface area contributed by atoms with Crippen LogP contribution in [0.5, 0.6) is 0 Å². The Morgan fingerprint density at radius 1 is 1.21 bits per heavy atom. The Kier molecular flexibility index (Phi) is 5.22. The Morgan fingerprint density at radius 2 is 1.89 bits per heavy atom. The number of amides is 1. The SMILES string of the molecule is CC1CCCCN1C(=O)CN(C)C1CCCCC1O. The van der Waals surface area contributed by atoms with Crippen molar-refractivity contribution in [3.8, 4) is 0 Å². The molecule has 110 valence electrons. The van der Waals surface area contributed by atoms with E-state index in [1.807, 2.05) is 11.9 Å². The lowest BCUT2D eigenvalue weighted by molar-refractivity contribution is -0.136. The van der Waals surface area contributed by atoms with Crippen LogP contribution in [0.4, 0.5) is 0 Å². The van der Waals surface area contributed by atoms with Gasteiger partial charge in [-0.05, 0) is 46.1 Å². The van der Waals surface area contributed by atoms with Crippen LogP contribution >= 0.6 is 0 Å². The highest BCUT2D eigenvalue weighted by Gasteiger charge is 2.30. The summed E-state index contributed by atoms with van der Waals surface area (Å²) in [6.45, 7) is 3.50. The molecular formula is C15H28N2O2. The van der Waals surface area contributed by atoms with E-state index in [-0.39, 0.29) is 18.1 Å². The minimum Gasteiger partial charge on any atom is -0.391 e. The number of carbonyl (C=O) groups excluding carboxylic acids is 1. The van der Waals surface area contributed by atoms with Crippen molar-refractivity contribution in [3.05, 3.63) is 0 Å². The van der Waals surface area contributed by atoms with Gasteiger partial charge in [0.2, 0.25) is 5.91 Å². The standard InChI is InChI=1S/C15H28N2O2/c1-12-7-5-6-10-17(12)15(19)11-16(2)13-8-3-4-9-14(13)18/h12-14,18H,3-11H2,1-2H3. The Bertz CT molecular complexity index is 309. The quantitative estimate of drug-likeness (QED) is 0.846. The molecule has 1 amide bonds. The summed E-state index contributed by atoms with van der Waals surface area (Å²) in [5, 5.41) is 10.0. The van der Waals surface area contributed by atoms with Gasteiger partial charge in [-0.2, -0.15) is 0 Å². The van der Waals surface area contributed by atoms with Gasteiger partial charge in [-0.15, -0.1) is 0 Å². The first-order chi connectivity index (χ1) is 9.09. The van der Waals surface area contributed by atoms with E-state index in [1.54, 1.807) is 0 Å². The van der Waals surface area contributed by atoms with Gasteiger partial charge in [-0.3, -0.25) is 9.69 Å². The number of piperidine rings is 1. The van der Waals surface area contributed by atoms with Crippen LogP contribution in [0.3, 0.4) is 0 Å². The van der Waals surface area contributed by atoms with Crippen LogP contribution in [0.1, 0.15) is 51.9 Å². The topological polar surface area (TPSA) is 43.8 Å². The normalized spacial score (nSPS) is 32.6. The fraction of sp³-hybridized carbons (Fsp3) is 0.933. The zero-order valence-corrected chi connectivity index (χ0v) is 12.3. The highest BCUT2D eigenvalue weighted by atomic mass is 16.3. The zero-order valence-electron chi connectivity index (χ0n) is 12.3. The van der Waals surface area contributed by atoms with Crippen LogP contribution in [-0.2, 0) is 4.79 Å². The summed E-state index contributed by atoms with van der Waals surface area (Å²) in [5.74, 6) is 0.229. The second-order valence-electron chi connectivity index (χ2n) is 6.27. The number of aliphatic hydroxyl groups is 1. The van der Waals surface area contributed by atoms with E-state index < -0.39 is 0 Å². The number of hydrogen-bond acceptors (Lipinski definition) is 3. The third-order valence-corrected chi connectivity index (χ3v) is 4.77. The summed E-state index contributed by atoms with van der Waals surface area (Å²) in [4.78, 5) is 16.5. The summed E-state index contributed by atoms with van der Waals surface area (Å²) in [5.41, 5.74) is 0. The molecule has 0 spiro atoms. The Labute approximate surface area is 116 Å². The first kappa shape index (κ1) is 14.8. The van der Waals surface area contributed by atoms with Crippen molar-refractivity contribution in [3.63, 3.8) is 0 Å². The summed E-state index contributed by atoms with van der Waals surface area (Å²) in [7, 11) is 1.98. The third kappa shape index (κ3) is 3.69. The van der Waals surface area contributed by atoms with Gasteiger partial charge < -0.3 is 10.0 Å². The second kappa shape index (κ2) is 6.71. The van der Waals surface area contributed by atoms with Gasteiger partial charge in [-0.1, -0.05) is 12.8 Å². The van der Waals surface area contributed by atoms with Crippen LogP contribution in [-0.4, -0.2) is 59.1 Å². The highest BCUT2D eigenvalue weighted by molar-refractivity contribution is 5.78. The minimum atomic E-state index is -0.259. The second-order valence-corrected chi connectivity index (χ2v) is 6.27. The molecule has 0 aromatic carbocycles. The van der Waals surface area contributed by atoms with Crippen molar-refractivity contribution < 1.29 is 9.90 Å². The molecule has 0 bridgehead atoms. The van der Waals surface area contributed by atoms with E-state index >= 15 is 0 Å². The summed E-state index contributed by atoms with van der Waals surface area (Å²) >= 11 is 0. The Balaban J connectivity index is 1.86. The maximum Gasteiger partial charge on any atom is 0.236 e. The van der Waals surface area contributed by atoms with Gasteiger partial charge in [0.1, 0.15) is 0 Å². The predicted molar refractivity (Wildman–Crippen MR) is 75.9 cm³/mol. The average molecular weight is 268 g/mol. The van der Waals surface area contributed by atoms with Gasteiger partial charge in [0.15, 0.2) is 0 Å². The van der Waals surface area contributed by atoms with E-state index in [4.69, 9.17) is 0 Å². The largest absolute Gasteiger partial charge is 0.391 e. The van der Waals surface area contributed by atoms with E-state index in [9.17, 15) is 9.90 Å². The molecule has 2 fully saturated rings. The summed E-state index contributed by atoms with van der Waals surface area (Å²) < 4.78 is 0. The molecule has 1 aliphatic carbocycles. The molecule has 4 heteroatoms. The molecule has 1 aliphatic heterocycles. The first-order valence-corrected chi connectivity index (χ1v) is 7.77. The van der Waals surface area contributed by atoms with E-state index in [1.165, 1.54) is 12.8 Å². The minimum absolute atomic E-state index is 0.165. The zero-order chi connectivity index (χ0) is 13.8. The van der Waals surface area contributed by atoms with Gasteiger partial charge >= 0.3 is 0 Å². The molecule has 0 aromatic heterocycles. The van der Waals surface area contributed by atoms with Crippen molar-refractivity contribution >= 4 is 5.91 Å². The Hall–Kier alpha value is -0.610. The first-order valence-electron chi connectivity index (χ1n) is 7.77. The molecular weight excluding hydrogens is 240 g/mol. The van der Waals surface area contributed by atoms with Crippen LogP contribution < -0.4 is 0 Å². The van der Waals surface area contributed by atoms with Gasteiger partial charge in [0, 0.05) is 18.6 Å². The lowest BCUT2D eigenvalue weighted by Gasteiger charge is -2.38. The summed E-state index contributed by atoms with van der Waals surface area (Å²) in [6.07, 6.45) is 7.41. The van der Waals surface area contributed by atoms with E-state index in [2.05, 4.69) is 11.8 Å². The third-order valence-electron chi connectivity index (χ3n) is 4.77. The molecule has 1 saturated heterocycles. The Morgan fingerprint density at radius 3 is 2.58 bits per heavy atom. The molecule has 0 radical (unpaired) electrons. The smallest absolute Gasteiger partial charge is 0.236 e. The number of rotatable bonds is 3. The number of aliphatic hydroxyl groups excluding tert-OH is 1. The fourth-order valence-corrected chi connectivity index (χ4v) is 3.50. The van der Waals surface area contributed by atoms with E-state index in [0.717, 1.165) is 38.6 Å². The molecule has 1 saturated carbocycles. The van der Waals surface area contributed by atoms with Crippen molar-refractivity contribution in [2.24, 2.45) is 0 Å². The van der Waals surface area contributed by atoms with Crippen molar-refractivity contribution in [1.29, 1.82) is 0 Å². The average Bonchev–Trinajstić information content (AvgIpc) is 2.39. The molecule has 0 aromatic rings. The number of hydrogen-bond donors (Lipinski definition) is 1. The van der Waals surface area contributed by atoms with Crippen LogP contribution in [0.2, 0.25) is 0 Å². The van der Waals surface area contributed by atoms with Crippen molar-refractivity contribution in [2.45, 2.75) is 70.1 Å². The van der Waals surface area contributed by atoms with Gasteiger partial charge in [0.05, 0.1) is 12.6 Å². The van der Waals surface area contributed by atoms with Crippen LogP contribution in [0.15, 0.2) is 0 Å². The van der Waals surface area contributed by atoms with Gasteiger partial charge in [0.25, 0.3) is 0 Å². The number of carbonyl (C=O) groups is 1. The molecule has 4 nitrogen and oxygen atoms in total. The summed E-state index contributed by atoms with van der Waals surface area (Å²) in [6, 6.07) is 0.545. The van der Waals surface area contributed by atoms with Crippen molar-refractivity contribution in [1.82, 2.24) is 9.80 Å². The molecule has 1 heterocycles. The molecule has 1 N–H and O–H groups in total. The maximum atomic E-state index is 12.4.